The Hall–Kier alpha value is -1.24. The van der Waals surface area contributed by atoms with E-state index in [1.54, 1.807) is 0 Å². The van der Waals surface area contributed by atoms with Gasteiger partial charge in [-0.1, -0.05) is 6.42 Å². The van der Waals surface area contributed by atoms with Crippen molar-refractivity contribution in [1.82, 2.24) is 5.06 Å². The highest BCUT2D eigenvalue weighted by atomic mass is 16.5. The molecule has 0 saturated carbocycles. The average Bonchev–Trinajstić information content (AvgIpc) is 2.46. The lowest BCUT2D eigenvalue weighted by molar-refractivity contribution is -0.264. The molecule has 0 amide bonds. The number of ketones is 1. The summed E-state index contributed by atoms with van der Waals surface area (Å²) in [7, 11) is 0. The molecule has 2 N–H and O–H groups in total. The number of nitrogens with zero attached hydrogens (tertiary/aromatic N) is 1. The summed E-state index contributed by atoms with van der Waals surface area (Å²) < 4.78 is 6.18. The summed E-state index contributed by atoms with van der Waals surface area (Å²) in [4.78, 5) is 21.8. The van der Waals surface area contributed by atoms with Crippen LogP contribution < -0.4 is 0 Å². The lowest BCUT2D eigenvalue weighted by Crippen LogP contribution is -2.60. The van der Waals surface area contributed by atoms with Crippen molar-refractivity contribution < 1.29 is 24.6 Å². The van der Waals surface area contributed by atoms with Crippen LogP contribution in [0.4, 0.5) is 0 Å². The fourth-order valence-corrected chi connectivity index (χ4v) is 3.65. The van der Waals surface area contributed by atoms with Crippen LogP contribution in [0.5, 0.6) is 0 Å². The summed E-state index contributed by atoms with van der Waals surface area (Å²) in [6, 6.07) is 0. The second-order valence-electron chi connectivity index (χ2n) is 8.30. The van der Waals surface area contributed by atoms with Gasteiger partial charge in [0.15, 0.2) is 5.78 Å². The Labute approximate surface area is 150 Å². The first kappa shape index (κ1) is 21.8. The minimum Gasteiger partial charge on any atom is -0.478 e. The normalized spacial score (nSPS) is 22.2. The first-order valence-corrected chi connectivity index (χ1v) is 9.02. The molecule has 6 heteroatoms. The maximum atomic E-state index is 11.5. The molecule has 1 fully saturated rings. The maximum Gasteiger partial charge on any atom is 0.328 e. The van der Waals surface area contributed by atoms with Gasteiger partial charge in [-0.05, 0) is 66.4 Å². The third-order valence-electron chi connectivity index (χ3n) is 4.72. The molecule has 0 aromatic rings. The van der Waals surface area contributed by atoms with Crippen LogP contribution in [0.15, 0.2) is 12.2 Å². The van der Waals surface area contributed by atoms with E-state index in [1.807, 2.05) is 34.6 Å². The van der Waals surface area contributed by atoms with E-state index in [2.05, 4.69) is 0 Å². The molecule has 0 aromatic heterocycles. The van der Waals surface area contributed by atoms with Gasteiger partial charge in [0.1, 0.15) is 0 Å². The van der Waals surface area contributed by atoms with E-state index in [0.29, 0.717) is 6.42 Å². The third-order valence-corrected chi connectivity index (χ3v) is 4.72. The fraction of sp³-hybridized carbons (Fsp3) is 0.789. The van der Waals surface area contributed by atoms with E-state index in [4.69, 9.17) is 9.84 Å². The number of allylic oxidation sites excluding steroid dienone is 1. The van der Waals surface area contributed by atoms with Crippen LogP contribution in [0.3, 0.4) is 0 Å². The first-order valence-electron chi connectivity index (χ1n) is 9.02. The molecule has 0 aliphatic carbocycles. The van der Waals surface area contributed by atoms with Crippen LogP contribution in [0.1, 0.15) is 73.1 Å². The fourth-order valence-electron chi connectivity index (χ4n) is 3.65. The van der Waals surface area contributed by atoms with Crippen molar-refractivity contribution in [3.8, 4) is 0 Å². The Morgan fingerprint density at radius 2 is 1.72 bits per heavy atom. The van der Waals surface area contributed by atoms with E-state index in [-0.39, 0.29) is 29.1 Å². The number of carboxylic acid groups (broad SMARTS) is 1. The van der Waals surface area contributed by atoms with Crippen molar-refractivity contribution in [2.24, 2.45) is 0 Å². The zero-order chi connectivity index (χ0) is 19.3. The number of hydrogen-bond acceptors (Lipinski definition) is 5. The minimum atomic E-state index is -1.10. The molecule has 1 unspecified atom stereocenters. The highest BCUT2D eigenvalue weighted by Gasteiger charge is 2.45. The van der Waals surface area contributed by atoms with Gasteiger partial charge in [-0.3, -0.25) is 4.79 Å². The van der Waals surface area contributed by atoms with Crippen molar-refractivity contribution in [2.45, 2.75) is 96.4 Å². The molecule has 1 aliphatic heterocycles. The summed E-state index contributed by atoms with van der Waals surface area (Å²) in [5.74, 6) is -1.26. The summed E-state index contributed by atoms with van der Waals surface area (Å²) in [5, 5.41) is 20.2. The molecule has 1 heterocycles. The van der Waals surface area contributed by atoms with E-state index in [1.165, 1.54) is 5.06 Å². The maximum absolute atomic E-state index is 11.5. The second kappa shape index (κ2) is 8.92. The number of carbonyl (C=O) groups is 2. The lowest BCUT2D eigenvalue weighted by Gasteiger charge is -2.51. The van der Waals surface area contributed by atoms with Crippen LogP contribution in [0.25, 0.3) is 0 Å². The van der Waals surface area contributed by atoms with E-state index in [0.717, 1.165) is 44.3 Å². The Balaban J connectivity index is 2.34. The molecule has 6 nitrogen and oxygen atoms in total. The topological polar surface area (TPSA) is 87.1 Å². The predicted octanol–water partition coefficient (Wildman–Crippen LogP) is 3.57. The van der Waals surface area contributed by atoms with Gasteiger partial charge in [0.25, 0.3) is 0 Å². The molecule has 0 aromatic carbocycles. The van der Waals surface area contributed by atoms with Gasteiger partial charge in [-0.2, -0.15) is 5.06 Å². The molecule has 0 radical (unpaired) electrons. The molecular weight excluding hydrogens is 322 g/mol. The van der Waals surface area contributed by atoms with Crippen LogP contribution in [0, 0.1) is 0 Å². The second-order valence-corrected chi connectivity index (χ2v) is 8.30. The van der Waals surface area contributed by atoms with Crippen molar-refractivity contribution in [3.05, 3.63) is 12.2 Å². The van der Waals surface area contributed by atoms with Crippen molar-refractivity contribution in [1.29, 1.82) is 0 Å². The van der Waals surface area contributed by atoms with Gasteiger partial charge < -0.3 is 15.1 Å². The zero-order valence-electron chi connectivity index (χ0n) is 16.1. The summed E-state index contributed by atoms with van der Waals surface area (Å²) in [5.41, 5.74) is -0.649. The minimum absolute atomic E-state index is 0.0894. The van der Waals surface area contributed by atoms with Crippen LogP contribution in [-0.4, -0.2) is 50.4 Å². The quantitative estimate of drug-likeness (QED) is 0.486. The Bertz CT molecular complexity index is 480. The average molecular weight is 355 g/mol. The summed E-state index contributed by atoms with van der Waals surface area (Å²) in [6.45, 7) is 10.1. The van der Waals surface area contributed by atoms with Crippen LogP contribution in [0.2, 0.25) is 0 Å². The number of carbonyl (C=O) groups excluding carboxylic acids is 1. The number of hydroxylamine groups is 2. The van der Waals surface area contributed by atoms with Gasteiger partial charge in [0, 0.05) is 23.6 Å². The number of aliphatic carboxylic acids is 1. The number of carboxylic acids is 1. The van der Waals surface area contributed by atoms with Gasteiger partial charge in [0.05, 0.1) is 12.2 Å². The number of piperidine rings is 1. The largest absolute Gasteiger partial charge is 0.478 e. The molecular formula is C19H33NO5. The molecule has 1 rings (SSSR count). The molecule has 0 bridgehead atoms. The Morgan fingerprint density at radius 3 is 2.24 bits per heavy atom. The van der Waals surface area contributed by atoms with Crippen molar-refractivity contribution in [3.63, 3.8) is 0 Å². The van der Waals surface area contributed by atoms with Gasteiger partial charge in [-0.15, -0.1) is 0 Å². The standard InChI is InChI=1S/C19H33NO5/c1-14(8-6-7-9-15(21)10-11-17(22)23)25-16-12-18(2,3)20(24)19(4,5)13-16/h10-11,14,16,24H,6-9,12-13H2,1-5H3,(H,22,23)/b11-10+. The first-order chi connectivity index (χ1) is 11.4. The number of ether oxygens (including phenoxy) is 1. The Morgan fingerprint density at radius 1 is 1.16 bits per heavy atom. The molecule has 1 atom stereocenters. The molecule has 25 heavy (non-hydrogen) atoms. The van der Waals surface area contributed by atoms with Gasteiger partial charge in [-0.25, -0.2) is 4.79 Å². The summed E-state index contributed by atoms with van der Waals surface area (Å²) in [6.07, 6.45) is 6.54. The number of rotatable bonds is 9. The van der Waals surface area contributed by atoms with E-state index in [9.17, 15) is 14.8 Å². The number of hydrogen-bond donors (Lipinski definition) is 2. The zero-order valence-corrected chi connectivity index (χ0v) is 16.1. The van der Waals surface area contributed by atoms with Crippen LogP contribution in [-0.2, 0) is 14.3 Å². The Kier molecular flexibility index (Phi) is 7.78. The monoisotopic (exact) mass is 355 g/mol. The molecule has 1 aliphatic rings. The van der Waals surface area contributed by atoms with E-state index >= 15 is 0 Å². The molecule has 1 saturated heterocycles. The van der Waals surface area contributed by atoms with Gasteiger partial charge in [0.2, 0.25) is 0 Å². The highest BCUT2D eigenvalue weighted by Crippen LogP contribution is 2.38. The van der Waals surface area contributed by atoms with Gasteiger partial charge >= 0.3 is 5.97 Å². The SMILES string of the molecule is CC(CCCCC(=O)/C=C/C(=O)O)OC1CC(C)(C)N(O)C(C)(C)C1. The van der Waals surface area contributed by atoms with Crippen molar-refractivity contribution in [2.75, 3.05) is 0 Å². The highest BCUT2D eigenvalue weighted by molar-refractivity contribution is 5.95. The molecule has 0 spiro atoms. The van der Waals surface area contributed by atoms with Crippen LogP contribution >= 0.6 is 0 Å². The summed E-state index contributed by atoms with van der Waals surface area (Å²) >= 11 is 0. The third kappa shape index (κ3) is 7.26. The predicted molar refractivity (Wildman–Crippen MR) is 95.6 cm³/mol. The van der Waals surface area contributed by atoms with E-state index < -0.39 is 5.97 Å². The smallest absolute Gasteiger partial charge is 0.328 e. The molecule has 144 valence electrons. The lowest BCUT2D eigenvalue weighted by atomic mass is 9.80. The number of unbranched alkanes of at least 4 members (excludes halogenated alkanes) is 1. The van der Waals surface area contributed by atoms with Crippen molar-refractivity contribution >= 4 is 11.8 Å².